The molecule has 1 rings (SSSR count). The van der Waals surface area contributed by atoms with Crippen LogP contribution >= 0.6 is 0 Å². The van der Waals surface area contributed by atoms with Crippen LogP contribution in [0.3, 0.4) is 0 Å². The quantitative estimate of drug-likeness (QED) is 0.122. The van der Waals surface area contributed by atoms with E-state index in [0.717, 1.165) is 20.1 Å². The Morgan fingerprint density at radius 3 is 2.37 bits per heavy atom. The lowest BCUT2D eigenvalue weighted by Gasteiger charge is -2.04. The summed E-state index contributed by atoms with van der Waals surface area (Å²) in [5, 5.41) is 21.5. The monoisotopic (exact) mass is 415 g/mol. The van der Waals surface area contributed by atoms with E-state index in [-0.39, 0.29) is 5.76 Å². The van der Waals surface area contributed by atoms with Crippen LogP contribution in [0, 0.1) is 0 Å². The fraction of sp³-hybridized carbons (Fsp3) is 0.333. The molecule has 0 radical (unpaired) electrons. The summed E-state index contributed by atoms with van der Waals surface area (Å²) in [7, 11) is 2.53. The fourth-order valence-corrected chi connectivity index (χ4v) is 2.20. The van der Waals surface area contributed by atoms with Gasteiger partial charge in [-0.1, -0.05) is 62.1 Å². The summed E-state index contributed by atoms with van der Waals surface area (Å²) in [5.41, 5.74) is 3.66. The van der Waals surface area contributed by atoms with Crippen LogP contribution < -0.4 is 10.6 Å². The van der Waals surface area contributed by atoms with Crippen molar-refractivity contribution in [2.45, 2.75) is 27.2 Å². The summed E-state index contributed by atoms with van der Waals surface area (Å²) in [5.74, 6) is -0.845. The second-order valence-electron chi connectivity index (χ2n) is 5.82. The minimum Gasteiger partial charge on any atom is -0.503 e. The maximum atomic E-state index is 11.0. The topological polar surface area (TPSA) is 94.0 Å². The van der Waals surface area contributed by atoms with Crippen LogP contribution in [0.15, 0.2) is 77.5 Å². The minimum atomic E-state index is -0.547. The Morgan fingerprint density at radius 2 is 1.87 bits per heavy atom. The molecule has 0 unspecified atom stereocenters. The van der Waals surface area contributed by atoms with E-state index in [1.54, 1.807) is 0 Å². The van der Waals surface area contributed by atoms with Crippen LogP contribution in [0.1, 0.15) is 32.8 Å². The van der Waals surface area contributed by atoms with Crippen molar-refractivity contribution in [3.05, 3.63) is 78.1 Å². The number of aliphatic hydroxyl groups excluding tert-OH is 2. The van der Waals surface area contributed by atoms with Crippen molar-refractivity contribution in [3.63, 3.8) is 0 Å². The SMILES string of the molecule is C=C/C(=C(C)\C=C/C)c1ccccc1.CCCNC/C=C(\O)C(=O)NC=NC.CO. The predicted molar refractivity (Wildman–Crippen MR) is 129 cm³/mol. The summed E-state index contributed by atoms with van der Waals surface area (Å²) in [6, 6.07) is 10.3. The summed E-state index contributed by atoms with van der Waals surface area (Å²) in [6.45, 7) is 11.4. The molecule has 0 aliphatic rings. The molecule has 0 atom stereocenters. The molecule has 6 heteroatoms. The number of hydrogen-bond acceptors (Lipinski definition) is 5. The molecule has 0 spiro atoms. The number of carbonyl (C=O) groups excluding carboxylic acids is 1. The number of carbonyl (C=O) groups is 1. The van der Waals surface area contributed by atoms with Crippen LogP contribution in [-0.4, -0.2) is 49.7 Å². The van der Waals surface area contributed by atoms with Crippen molar-refractivity contribution in [1.82, 2.24) is 10.6 Å². The van der Waals surface area contributed by atoms with E-state index in [0.29, 0.717) is 6.54 Å². The maximum Gasteiger partial charge on any atom is 0.290 e. The third-order valence-corrected chi connectivity index (χ3v) is 3.55. The lowest BCUT2D eigenvalue weighted by molar-refractivity contribution is -0.118. The summed E-state index contributed by atoms with van der Waals surface area (Å²) in [6.07, 6.45) is 9.72. The van der Waals surface area contributed by atoms with E-state index >= 15 is 0 Å². The smallest absolute Gasteiger partial charge is 0.290 e. The number of allylic oxidation sites excluding steroid dienone is 5. The zero-order valence-electron chi connectivity index (χ0n) is 18.9. The summed E-state index contributed by atoms with van der Waals surface area (Å²) >= 11 is 0. The van der Waals surface area contributed by atoms with Crippen molar-refractivity contribution >= 4 is 17.8 Å². The molecule has 0 saturated carbocycles. The standard InChI is InChI=1S/C14H16.C9H17N3O2.CH4O/c1-4-9-12(3)14(5-2)13-10-7-6-8-11-13;1-3-5-11-6-4-8(13)9(14)12-7-10-2;1-2/h4-11H,2H2,1,3H3;4,7,11,13H,3,5-6H2,1-2H3,(H,10,12,14);2H,1H3/b9-4-,14-12+;8-4-;. The van der Waals surface area contributed by atoms with Gasteiger partial charge in [-0.15, -0.1) is 0 Å². The fourth-order valence-electron chi connectivity index (χ4n) is 2.20. The highest BCUT2D eigenvalue weighted by atomic mass is 16.3. The average molecular weight is 416 g/mol. The van der Waals surface area contributed by atoms with E-state index in [1.807, 2.05) is 44.2 Å². The average Bonchev–Trinajstić information content (AvgIpc) is 2.78. The molecule has 0 aliphatic heterocycles. The number of nitrogens with zero attached hydrogens (tertiary/aromatic N) is 1. The van der Waals surface area contributed by atoms with Crippen molar-refractivity contribution in [2.75, 3.05) is 27.2 Å². The third-order valence-electron chi connectivity index (χ3n) is 3.55. The zero-order valence-corrected chi connectivity index (χ0v) is 18.9. The predicted octanol–water partition coefficient (Wildman–Crippen LogP) is 4.03. The first-order valence-electron chi connectivity index (χ1n) is 9.79. The van der Waals surface area contributed by atoms with Gasteiger partial charge in [0.1, 0.15) is 0 Å². The van der Waals surface area contributed by atoms with Gasteiger partial charge in [0.15, 0.2) is 5.76 Å². The highest BCUT2D eigenvalue weighted by Crippen LogP contribution is 2.20. The van der Waals surface area contributed by atoms with Gasteiger partial charge in [-0.25, -0.2) is 0 Å². The summed E-state index contributed by atoms with van der Waals surface area (Å²) in [4.78, 5) is 14.6. The van der Waals surface area contributed by atoms with E-state index in [9.17, 15) is 9.90 Å². The first kappa shape index (κ1) is 29.2. The highest BCUT2D eigenvalue weighted by molar-refractivity contribution is 5.98. The molecule has 0 aromatic heterocycles. The molecular weight excluding hydrogens is 378 g/mol. The van der Waals surface area contributed by atoms with Gasteiger partial charge in [-0.05, 0) is 49.6 Å². The van der Waals surface area contributed by atoms with Crippen LogP contribution in [0.25, 0.3) is 5.57 Å². The molecule has 1 aromatic rings. The lowest BCUT2D eigenvalue weighted by Crippen LogP contribution is -2.24. The second-order valence-corrected chi connectivity index (χ2v) is 5.82. The number of benzene rings is 1. The van der Waals surface area contributed by atoms with Crippen molar-refractivity contribution in [1.29, 1.82) is 0 Å². The first-order valence-corrected chi connectivity index (χ1v) is 9.79. The lowest BCUT2D eigenvalue weighted by atomic mass is 10.0. The van der Waals surface area contributed by atoms with E-state index < -0.39 is 5.91 Å². The Kier molecular flexibility index (Phi) is 20.2. The highest BCUT2D eigenvalue weighted by Gasteiger charge is 2.03. The van der Waals surface area contributed by atoms with Gasteiger partial charge < -0.3 is 20.8 Å². The number of hydrogen-bond donors (Lipinski definition) is 4. The number of nitrogens with one attached hydrogen (secondary N) is 2. The number of aliphatic hydroxyl groups is 2. The first-order chi connectivity index (χ1) is 14.5. The van der Waals surface area contributed by atoms with Gasteiger partial charge in [0.2, 0.25) is 0 Å². The van der Waals surface area contributed by atoms with Gasteiger partial charge in [0.25, 0.3) is 5.91 Å². The molecular formula is C24H37N3O3. The molecule has 1 amide bonds. The molecule has 0 heterocycles. The van der Waals surface area contributed by atoms with Gasteiger partial charge >= 0.3 is 0 Å². The van der Waals surface area contributed by atoms with Crippen LogP contribution in [-0.2, 0) is 4.79 Å². The Hall–Kier alpha value is -2.96. The number of rotatable bonds is 9. The van der Waals surface area contributed by atoms with E-state index in [2.05, 4.69) is 47.3 Å². The van der Waals surface area contributed by atoms with Crippen molar-refractivity contribution in [2.24, 2.45) is 4.99 Å². The molecule has 0 bridgehead atoms. The second kappa shape index (κ2) is 20.8. The largest absolute Gasteiger partial charge is 0.503 e. The Labute approximate surface area is 181 Å². The molecule has 30 heavy (non-hydrogen) atoms. The Morgan fingerprint density at radius 1 is 1.23 bits per heavy atom. The molecule has 1 aromatic carbocycles. The molecule has 4 N–H and O–H groups in total. The van der Waals surface area contributed by atoms with Gasteiger partial charge in [0, 0.05) is 20.7 Å². The molecule has 166 valence electrons. The molecule has 0 aliphatic carbocycles. The van der Waals surface area contributed by atoms with E-state index in [1.165, 1.54) is 36.2 Å². The van der Waals surface area contributed by atoms with Gasteiger partial charge in [0.05, 0.1) is 6.34 Å². The normalized spacial score (nSPS) is 11.7. The zero-order chi connectivity index (χ0) is 23.2. The van der Waals surface area contributed by atoms with Crippen LogP contribution in [0.5, 0.6) is 0 Å². The third kappa shape index (κ3) is 14.1. The summed E-state index contributed by atoms with van der Waals surface area (Å²) < 4.78 is 0. The van der Waals surface area contributed by atoms with Crippen LogP contribution in [0.4, 0.5) is 0 Å². The Bertz CT molecular complexity index is 706. The maximum absolute atomic E-state index is 11.0. The van der Waals surface area contributed by atoms with Crippen molar-refractivity contribution in [3.8, 4) is 0 Å². The number of amides is 1. The number of aliphatic imine (C=N–C) groups is 1. The van der Waals surface area contributed by atoms with Gasteiger partial charge in [-0.2, -0.15) is 0 Å². The van der Waals surface area contributed by atoms with Crippen LogP contribution in [0.2, 0.25) is 0 Å². The molecule has 6 nitrogen and oxygen atoms in total. The van der Waals surface area contributed by atoms with Gasteiger partial charge in [-0.3, -0.25) is 9.79 Å². The Balaban J connectivity index is 0. The van der Waals surface area contributed by atoms with E-state index in [4.69, 9.17) is 5.11 Å². The molecule has 0 saturated heterocycles. The van der Waals surface area contributed by atoms with Crippen molar-refractivity contribution < 1.29 is 15.0 Å². The minimum absolute atomic E-state index is 0.298. The molecule has 0 fully saturated rings.